The maximum atomic E-state index is 12.9. The first-order valence-electron chi connectivity index (χ1n) is 10.2. The maximum Gasteiger partial charge on any atom is 0.355 e. The lowest BCUT2D eigenvalue weighted by Crippen LogP contribution is -2.19. The maximum absolute atomic E-state index is 12.9. The Morgan fingerprint density at radius 1 is 1.21 bits per heavy atom. The van der Waals surface area contributed by atoms with Crippen molar-refractivity contribution in [2.75, 3.05) is 0 Å². The van der Waals surface area contributed by atoms with E-state index in [1.165, 1.54) is 11.1 Å². The fourth-order valence-electron chi connectivity index (χ4n) is 3.85. The lowest BCUT2D eigenvalue weighted by Gasteiger charge is -2.24. The molecule has 0 amide bonds. The Bertz CT molecular complexity index is 884. The molecule has 0 aliphatic heterocycles. The monoisotopic (exact) mass is 381 g/mol. The van der Waals surface area contributed by atoms with E-state index in [1.54, 1.807) is 0 Å². The fraction of sp³-hybridized carbons (Fsp3) is 0.500. The molecule has 1 aromatic heterocycles. The van der Waals surface area contributed by atoms with Crippen molar-refractivity contribution in [3.05, 3.63) is 57.9 Å². The molecule has 1 heterocycles. The number of carbonyl (C=O) groups is 2. The van der Waals surface area contributed by atoms with Gasteiger partial charge in [0, 0.05) is 17.7 Å². The van der Waals surface area contributed by atoms with E-state index in [0.29, 0.717) is 17.7 Å². The number of Topliss-reactive ketones (excluding diaryl/α,β-unsaturated/α-hetero) is 1. The van der Waals surface area contributed by atoms with Crippen LogP contribution >= 0.6 is 0 Å². The lowest BCUT2D eigenvalue weighted by molar-refractivity contribution is 0.0327. The molecule has 4 heteroatoms. The van der Waals surface area contributed by atoms with E-state index < -0.39 is 0 Å². The highest BCUT2D eigenvalue weighted by Gasteiger charge is 2.32. The average Bonchev–Trinajstić information content (AvgIpc) is 2.98. The fourth-order valence-corrected chi connectivity index (χ4v) is 3.85. The summed E-state index contributed by atoms with van der Waals surface area (Å²) in [5.74, 6) is -0.145. The van der Waals surface area contributed by atoms with Crippen LogP contribution in [-0.4, -0.2) is 22.8 Å². The van der Waals surface area contributed by atoms with E-state index in [4.69, 9.17) is 4.74 Å². The number of ketones is 1. The summed E-state index contributed by atoms with van der Waals surface area (Å²) < 4.78 is 5.45. The number of ether oxygens (including phenoxy) is 1. The molecule has 2 aromatic rings. The molecule has 0 radical (unpaired) electrons. The van der Waals surface area contributed by atoms with Gasteiger partial charge in [0.05, 0.1) is 6.10 Å². The summed E-state index contributed by atoms with van der Waals surface area (Å²) in [7, 11) is 0. The predicted molar refractivity (Wildman–Crippen MR) is 111 cm³/mol. The first kappa shape index (κ1) is 20.4. The number of carbonyl (C=O) groups excluding carboxylic acids is 2. The van der Waals surface area contributed by atoms with Crippen molar-refractivity contribution in [3.8, 4) is 0 Å². The Morgan fingerprint density at radius 2 is 1.86 bits per heavy atom. The highest BCUT2D eigenvalue weighted by molar-refractivity contribution is 6.03. The summed E-state index contributed by atoms with van der Waals surface area (Å²) >= 11 is 0. The Hall–Kier alpha value is -2.36. The first-order valence-corrected chi connectivity index (χ1v) is 10.2. The van der Waals surface area contributed by atoms with Crippen LogP contribution in [-0.2, 0) is 16.6 Å². The highest BCUT2D eigenvalue weighted by atomic mass is 16.5. The van der Waals surface area contributed by atoms with Crippen LogP contribution in [0.1, 0.15) is 96.6 Å². The molecule has 3 rings (SSSR count). The van der Waals surface area contributed by atoms with Crippen molar-refractivity contribution >= 4 is 11.8 Å². The zero-order valence-corrected chi connectivity index (χ0v) is 17.8. The lowest BCUT2D eigenvalue weighted by atomic mass is 9.80. The van der Waals surface area contributed by atoms with Crippen LogP contribution in [0.15, 0.2) is 24.3 Å². The largest absolute Gasteiger partial charge is 0.458 e. The molecule has 0 saturated carbocycles. The number of H-pyrrole nitrogens is 1. The van der Waals surface area contributed by atoms with Crippen molar-refractivity contribution in [1.29, 1.82) is 0 Å². The number of esters is 1. The van der Waals surface area contributed by atoms with Crippen molar-refractivity contribution < 1.29 is 14.3 Å². The average molecular weight is 382 g/mol. The van der Waals surface area contributed by atoms with E-state index in [9.17, 15) is 9.59 Å². The van der Waals surface area contributed by atoms with Gasteiger partial charge in [-0.2, -0.15) is 0 Å². The van der Waals surface area contributed by atoms with Gasteiger partial charge in [0.25, 0.3) is 0 Å². The Morgan fingerprint density at radius 3 is 2.43 bits per heavy atom. The Balaban J connectivity index is 1.86. The highest BCUT2D eigenvalue weighted by Crippen LogP contribution is 2.36. The molecule has 0 fully saturated rings. The molecule has 28 heavy (non-hydrogen) atoms. The van der Waals surface area contributed by atoms with Crippen LogP contribution < -0.4 is 0 Å². The van der Waals surface area contributed by atoms with E-state index in [-0.39, 0.29) is 29.2 Å². The van der Waals surface area contributed by atoms with Crippen molar-refractivity contribution in [2.45, 2.75) is 78.2 Å². The van der Waals surface area contributed by atoms with Crippen LogP contribution in [0.25, 0.3) is 0 Å². The van der Waals surface area contributed by atoms with E-state index in [2.05, 4.69) is 50.0 Å². The summed E-state index contributed by atoms with van der Waals surface area (Å²) in [6.45, 7) is 12.3. The van der Waals surface area contributed by atoms with Gasteiger partial charge < -0.3 is 9.72 Å². The molecule has 150 valence electrons. The van der Waals surface area contributed by atoms with Gasteiger partial charge in [-0.3, -0.25) is 4.79 Å². The molecule has 0 saturated heterocycles. The number of aromatic amines is 1. The Kier molecular flexibility index (Phi) is 5.51. The molecule has 2 atom stereocenters. The molecular formula is C24H31NO3. The van der Waals surface area contributed by atoms with Crippen LogP contribution in [0.2, 0.25) is 0 Å². The summed E-state index contributed by atoms with van der Waals surface area (Å²) in [4.78, 5) is 28.5. The van der Waals surface area contributed by atoms with Gasteiger partial charge in [-0.05, 0) is 54.7 Å². The molecule has 1 aromatic carbocycles. The Labute approximate surface area is 167 Å². The minimum atomic E-state index is -0.375. The minimum Gasteiger partial charge on any atom is -0.458 e. The molecule has 0 spiro atoms. The number of rotatable bonds is 4. The molecule has 0 bridgehead atoms. The molecular weight excluding hydrogens is 350 g/mol. The smallest absolute Gasteiger partial charge is 0.355 e. The van der Waals surface area contributed by atoms with Crippen molar-refractivity contribution in [3.63, 3.8) is 0 Å². The summed E-state index contributed by atoms with van der Waals surface area (Å²) in [6.07, 6.45) is 1.82. The summed E-state index contributed by atoms with van der Waals surface area (Å²) in [5, 5.41) is 0. The first-order chi connectivity index (χ1) is 13.1. The standard InChI is InChI=1S/C24H31NO3/c1-7-14(2)28-23(27)22-15(3)21-19(25-22)12-17(13-20(21)26)16-8-10-18(11-9-16)24(4,5)6/h8-11,14,17,25H,7,12-13H2,1-6H3/t14-,17-/m0/s1. The third-order valence-electron chi connectivity index (χ3n) is 5.82. The minimum absolute atomic E-state index is 0.0995. The van der Waals surface area contributed by atoms with Crippen LogP contribution in [0.5, 0.6) is 0 Å². The quantitative estimate of drug-likeness (QED) is 0.713. The van der Waals surface area contributed by atoms with Crippen molar-refractivity contribution in [2.24, 2.45) is 0 Å². The van der Waals surface area contributed by atoms with Crippen LogP contribution in [0, 0.1) is 6.92 Å². The van der Waals surface area contributed by atoms with Gasteiger partial charge in [-0.1, -0.05) is 52.0 Å². The summed E-state index contributed by atoms with van der Waals surface area (Å²) in [5.41, 5.74) is 5.23. The third-order valence-corrected chi connectivity index (χ3v) is 5.82. The molecule has 4 nitrogen and oxygen atoms in total. The van der Waals surface area contributed by atoms with Crippen LogP contribution in [0.4, 0.5) is 0 Å². The van der Waals surface area contributed by atoms with E-state index >= 15 is 0 Å². The molecule has 1 aliphatic rings. The number of nitrogens with one attached hydrogen (secondary N) is 1. The second kappa shape index (κ2) is 7.57. The topological polar surface area (TPSA) is 59.2 Å². The number of fused-ring (bicyclic) bond motifs is 1. The molecule has 1 aliphatic carbocycles. The second-order valence-electron chi connectivity index (χ2n) is 9.00. The zero-order valence-electron chi connectivity index (χ0n) is 17.8. The molecule has 0 unspecified atom stereocenters. The second-order valence-corrected chi connectivity index (χ2v) is 9.00. The third kappa shape index (κ3) is 3.91. The number of hydrogen-bond acceptors (Lipinski definition) is 3. The zero-order chi connectivity index (χ0) is 20.6. The van der Waals surface area contributed by atoms with Gasteiger partial charge in [-0.25, -0.2) is 4.79 Å². The number of benzene rings is 1. The molecule has 1 N–H and O–H groups in total. The number of aromatic nitrogens is 1. The van der Waals surface area contributed by atoms with Crippen molar-refractivity contribution in [1.82, 2.24) is 4.98 Å². The normalized spacial score (nSPS) is 17.9. The predicted octanol–water partition coefficient (Wildman–Crippen LogP) is 5.49. The van der Waals surface area contributed by atoms with Gasteiger partial charge in [0.2, 0.25) is 0 Å². The van der Waals surface area contributed by atoms with Gasteiger partial charge in [0.1, 0.15) is 5.69 Å². The SMILES string of the molecule is CC[C@H](C)OC(=O)c1[nH]c2c(c1C)C(=O)C[C@@H](c1ccc(C(C)(C)C)cc1)C2. The summed E-state index contributed by atoms with van der Waals surface area (Å²) in [6, 6.07) is 8.59. The van der Waals surface area contributed by atoms with Gasteiger partial charge in [0.15, 0.2) is 5.78 Å². The van der Waals surface area contributed by atoms with E-state index in [0.717, 1.165) is 24.1 Å². The number of hydrogen-bond donors (Lipinski definition) is 1. The van der Waals surface area contributed by atoms with E-state index in [1.807, 2.05) is 20.8 Å². The van der Waals surface area contributed by atoms with Gasteiger partial charge >= 0.3 is 5.97 Å². The van der Waals surface area contributed by atoms with Gasteiger partial charge in [-0.15, -0.1) is 0 Å². The van der Waals surface area contributed by atoms with Crippen LogP contribution in [0.3, 0.4) is 0 Å².